The molecule has 1 N–H and O–H groups in total. The van der Waals surface area contributed by atoms with E-state index in [4.69, 9.17) is 9.47 Å². The molecule has 0 bridgehead atoms. The molecule has 0 aromatic carbocycles. The maximum Gasteiger partial charge on any atom is 0.325 e. The maximum atomic E-state index is 12.0. The van der Waals surface area contributed by atoms with Gasteiger partial charge in [0.25, 0.3) is 0 Å². The summed E-state index contributed by atoms with van der Waals surface area (Å²) in [5, 5.41) is 3.30. The van der Waals surface area contributed by atoms with Gasteiger partial charge in [-0.15, -0.1) is 0 Å². The molecule has 1 aliphatic carbocycles. The standard InChI is InChI=1S/C17H33NO3/c1-6-10-18-17(4,16(19)20-5)9-11-21-15-8-7-13(2)14(3)12-15/h13-15,18H,6-12H2,1-5H3. The van der Waals surface area contributed by atoms with Crippen molar-refractivity contribution >= 4 is 5.97 Å². The van der Waals surface area contributed by atoms with Crippen LogP contribution in [0.25, 0.3) is 0 Å². The fraction of sp³-hybridized carbons (Fsp3) is 0.941. The van der Waals surface area contributed by atoms with Gasteiger partial charge in [0.1, 0.15) is 5.54 Å². The molecule has 1 aliphatic rings. The van der Waals surface area contributed by atoms with Gasteiger partial charge >= 0.3 is 5.97 Å². The Morgan fingerprint density at radius 3 is 2.57 bits per heavy atom. The van der Waals surface area contributed by atoms with Gasteiger partial charge in [-0.3, -0.25) is 4.79 Å². The van der Waals surface area contributed by atoms with Gasteiger partial charge < -0.3 is 14.8 Å². The van der Waals surface area contributed by atoms with Crippen molar-refractivity contribution in [3.05, 3.63) is 0 Å². The zero-order valence-electron chi connectivity index (χ0n) is 14.4. The normalized spacial score (nSPS) is 28.9. The number of hydrogen-bond acceptors (Lipinski definition) is 4. The van der Waals surface area contributed by atoms with Gasteiger partial charge in [0.05, 0.1) is 13.2 Å². The molecule has 4 nitrogen and oxygen atoms in total. The van der Waals surface area contributed by atoms with Gasteiger partial charge in [-0.05, 0) is 57.4 Å². The lowest BCUT2D eigenvalue weighted by Crippen LogP contribution is -2.51. The molecule has 1 saturated carbocycles. The Morgan fingerprint density at radius 2 is 2.00 bits per heavy atom. The van der Waals surface area contributed by atoms with Crippen LogP contribution in [0.5, 0.6) is 0 Å². The van der Waals surface area contributed by atoms with E-state index in [0.717, 1.165) is 37.6 Å². The topological polar surface area (TPSA) is 47.6 Å². The predicted octanol–water partition coefficient (Wildman–Crippen LogP) is 3.15. The monoisotopic (exact) mass is 299 g/mol. The van der Waals surface area contributed by atoms with Crippen LogP contribution in [0.3, 0.4) is 0 Å². The van der Waals surface area contributed by atoms with Crippen molar-refractivity contribution in [2.24, 2.45) is 11.8 Å². The van der Waals surface area contributed by atoms with E-state index in [1.807, 2.05) is 6.92 Å². The van der Waals surface area contributed by atoms with Crippen molar-refractivity contribution in [1.29, 1.82) is 0 Å². The van der Waals surface area contributed by atoms with Crippen molar-refractivity contribution in [3.8, 4) is 0 Å². The highest BCUT2D eigenvalue weighted by Gasteiger charge is 2.34. The molecule has 4 atom stereocenters. The number of hydrogen-bond donors (Lipinski definition) is 1. The highest BCUT2D eigenvalue weighted by atomic mass is 16.5. The number of carbonyl (C=O) groups excluding carboxylic acids is 1. The largest absolute Gasteiger partial charge is 0.468 e. The Balaban J connectivity index is 2.41. The smallest absolute Gasteiger partial charge is 0.325 e. The second-order valence-electron chi connectivity index (χ2n) is 6.76. The third-order valence-electron chi connectivity index (χ3n) is 4.91. The zero-order chi connectivity index (χ0) is 15.9. The molecule has 1 rings (SSSR count). The predicted molar refractivity (Wildman–Crippen MR) is 85.3 cm³/mol. The second-order valence-corrected chi connectivity index (χ2v) is 6.76. The minimum absolute atomic E-state index is 0.204. The lowest BCUT2D eigenvalue weighted by molar-refractivity contribution is -0.149. The van der Waals surface area contributed by atoms with Crippen LogP contribution < -0.4 is 5.32 Å². The molecule has 124 valence electrons. The van der Waals surface area contributed by atoms with Gasteiger partial charge in [0, 0.05) is 6.61 Å². The molecular formula is C17H33NO3. The van der Waals surface area contributed by atoms with E-state index in [-0.39, 0.29) is 5.97 Å². The van der Waals surface area contributed by atoms with Crippen LogP contribution in [0.1, 0.15) is 59.8 Å². The Morgan fingerprint density at radius 1 is 1.29 bits per heavy atom. The zero-order valence-corrected chi connectivity index (χ0v) is 14.4. The summed E-state index contributed by atoms with van der Waals surface area (Å²) in [4.78, 5) is 12.0. The molecule has 0 spiro atoms. The van der Waals surface area contributed by atoms with Crippen LogP contribution in [-0.2, 0) is 14.3 Å². The number of esters is 1. The Hall–Kier alpha value is -0.610. The SMILES string of the molecule is CCCNC(C)(CCOC1CCC(C)C(C)C1)C(=O)OC. The quantitative estimate of drug-likeness (QED) is 0.699. The summed E-state index contributed by atoms with van der Waals surface area (Å²) >= 11 is 0. The summed E-state index contributed by atoms with van der Waals surface area (Å²) in [5.74, 6) is 1.33. The summed E-state index contributed by atoms with van der Waals surface area (Å²) < 4.78 is 11.0. The summed E-state index contributed by atoms with van der Waals surface area (Å²) in [6.07, 6.45) is 5.52. The van der Waals surface area contributed by atoms with Crippen molar-refractivity contribution in [3.63, 3.8) is 0 Å². The number of carbonyl (C=O) groups is 1. The second kappa shape index (κ2) is 8.74. The summed E-state index contributed by atoms with van der Waals surface area (Å²) in [6.45, 7) is 10.0. The van der Waals surface area contributed by atoms with E-state index in [1.165, 1.54) is 13.5 Å². The Bertz CT molecular complexity index is 321. The third kappa shape index (κ3) is 5.59. The van der Waals surface area contributed by atoms with Crippen LogP contribution >= 0.6 is 0 Å². The fourth-order valence-electron chi connectivity index (χ4n) is 2.97. The van der Waals surface area contributed by atoms with Crippen molar-refractivity contribution in [2.45, 2.75) is 71.4 Å². The van der Waals surface area contributed by atoms with E-state index in [2.05, 4.69) is 26.1 Å². The maximum absolute atomic E-state index is 12.0. The van der Waals surface area contributed by atoms with E-state index in [0.29, 0.717) is 19.1 Å². The van der Waals surface area contributed by atoms with Crippen LogP contribution in [0.15, 0.2) is 0 Å². The van der Waals surface area contributed by atoms with Crippen molar-refractivity contribution in [1.82, 2.24) is 5.32 Å². The molecule has 0 aromatic rings. The number of rotatable bonds is 8. The molecule has 1 fully saturated rings. The molecular weight excluding hydrogens is 266 g/mol. The van der Waals surface area contributed by atoms with E-state index < -0.39 is 5.54 Å². The molecule has 0 heterocycles. The van der Waals surface area contributed by atoms with Gasteiger partial charge in [0.15, 0.2) is 0 Å². The van der Waals surface area contributed by atoms with Gasteiger partial charge in [0.2, 0.25) is 0 Å². The minimum atomic E-state index is -0.641. The number of methoxy groups -OCH3 is 1. The molecule has 0 radical (unpaired) electrons. The molecule has 4 unspecified atom stereocenters. The van der Waals surface area contributed by atoms with Crippen LogP contribution in [0.2, 0.25) is 0 Å². The lowest BCUT2D eigenvalue weighted by atomic mass is 9.80. The van der Waals surface area contributed by atoms with Gasteiger partial charge in [-0.2, -0.15) is 0 Å². The summed E-state index contributed by atoms with van der Waals surface area (Å²) in [6, 6.07) is 0. The Labute approximate surface area is 130 Å². The highest BCUT2D eigenvalue weighted by molar-refractivity contribution is 5.80. The van der Waals surface area contributed by atoms with Gasteiger partial charge in [-0.1, -0.05) is 20.8 Å². The molecule has 0 aliphatic heterocycles. The van der Waals surface area contributed by atoms with E-state index in [1.54, 1.807) is 0 Å². The first-order valence-electron chi connectivity index (χ1n) is 8.38. The average Bonchev–Trinajstić information content (AvgIpc) is 2.48. The van der Waals surface area contributed by atoms with Crippen molar-refractivity contribution in [2.75, 3.05) is 20.3 Å². The minimum Gasteiger partial charge on any atom is -0.468 e. The molecule has 0 aromatic heterocycles. The molecule has 0 amide bonds. The summed E-state index contributed by atoms with van der Waals surface area (Å²) in [7, 11) is 1.44. The molecule has 0 saturated heterocycles. The highest BCUT2D eigenvalue weighted by Crippen LogP contribution is 2.31. The number of nitrogens with one attached hydrogen (secondary N) is 1. The van der Waals surface area contributed by atoms with Crippen LogP contribution in [0.4, 0.5) is 0 Å². The average molecular weight is 299 g/mol. The van der Waals surface area contributed by atoms with Gasteiger partial charge in [-0.25, -0.2) is 0 Å². The van der Waals surface area contributed by atoms with Crippen molar-refractivity contribution < 1.29 is 14.3 Å². The first kappa shape index (κ1) is 18.4. The van der Waals surface area contributed by atoms with E-state index >= 15 is 0 Å². The van der Waals surface area contributed by atoms with Crippen LogP contribution in [-0.4, -0.2) is 37.9 Å². The van der Waals surface area contributed by atoms with E-state index in [9.17, 15) is 4.79 Å². The molecule has 4 heteroatoms. The van der Waals surface area contributed by atoms with Crippen LogP contribution in [0, 0.1) is 11.8 Å². The molecule has 21 heavy (non-hydrogen) atoms. The first-order chi connectivity index (χ1) is 9.92. The summed E-state index contributed by atoms with van der Waals surface area (Å²) in [5.41, 5.74) is -0.641. The first-order valence-corrected chi connectivity index (χ1v) is 8.38. The fourth-order valence-corrected chi connectivity index (χ4v) is 2.97. The number of ether oxygens (including phenoxy) is 2. The third-order valence-corrected chi connectivity index (χ3v) is 4.91. The lowest BCUT2D eigenvalue weighted by Gasteiger charge is -2.33. The Kier molecular flexibility index (Phi) is 7.67.